The van der Waals surface area contributed by atoms with Crippen LogP contribution in [0.5, 0.6) is 5.75 Å². The highest BCUT2D eigenvalue weighted by molar-refractivity contribution is 5.87. The van der Waals surface area contributed by atoms with E-state index < -0.39 is 0 Å². The summed E-state index contributed by atoms with van der Waals surface area (Å²) in [5, 5.41) is 1.12. The Morgan fingerprint density at radius 2 is 2.07 bits per heavy atom. The maximum Gasteiger partial charge on any atom is 0.145 e. The van der Waals surface area contributed by atoms with E-state index in [1.807, 2.05) is 12.1 Å². The largest absolute Gasteiger partial charge is 0.494 e. The zero-order valence-electron chi connectivity index (χ0n) is 16.0. The summed E-state index contributed by atoms with van der Waals surface area (Å²) in [7, 11) is 3.78. The number of furan rings is 1. The number of benzene rings is 1. The predicted octanol–water partition coefficient (Wildman–Crippen LogP) is 4.71. The number of aromatic nitrogens is 1. The Morgan fingerprint density at radius 1 is 1.15 bits per heavy atom. The quantitative estimate of drug-likeness (QED) is 0.632. The summed E-state index contributed by atoms with van der Waals surface area (Å²) >= 11 is 0. The highest BCUT2D eigenvalue weighted by Gasteiger charge is 2.20. The van der Waals surface area contributed by atoms with Gasteiger partial charge >= 0.3 is 0 Å². The summed E-state index contributed by atoms with van der Waals surface area (Å²) in [6, 6.07) is 12.3. The summed E-state index contributed by atoms with van der Waals surface area (Å²) in [5.41, 5.74) is 2.13. The second kappa shape index (κ2) is 8.11. The zero-order valence-corrected chi connectivity index (χ0v) is 16.0. The number of hydrogen-bond acceptors (Lipinski definition) is 5. The third-order valence-corrected chi connectivity index (χ3v) is 5.09. The van der Waals surface area contributed by atoms with Crippen LogP contribution in [0.15, 0.2) is 47.0 Å². The molecule has 5 heteroatoms. The second-order valence-corrected chi connectivity index (χ2v) is 7.16. The first-order chi connectivity index (χ1) is 13.2. The minimum atomic E-state index is 0.120. The van der Waals surface area contributed by atoms with Gasteiger partial charge in [0.05, 0.1) is 13.7 Å². The lowest BCUT2D eigenvalue weighted by atomic mass is 10.1. The lowest BCUT2D eigenvalue weighted by molar-refractivity contribution is 0.000908. The maximum atomic E-state index is 6.06. The van der Waals surface area contributed by atoms with Crippen molar-refractivity contribution in [3.05, 3.63) is 59.7 Å². The molecule has 0 radical (unpaired) electrons. The summed E-state index contributed by atoms with van der Waals surface area (Å²) in [6.07, 6.45) is 5.33. The molecule has 5 nitrogen and oxygen atoms in total. The highest BCUT2D eigenvalue weighted by Crippen LogP contribution is 2.30. The van der Waals surface area contributed by atoms with Gasteiger partial charge in [0.15, 0.2) is 0 Å². The van der Waals surface area contributed by atoms with Crippen LogP contribution >= 0.6 is 0 Å². The van der Waals surface area contributed by atoms with Crippen molar-refractivity contribution in [3.8, 4) is 5.75 Å². The first-order valence-electron chi connectivity index (χ1n) is 9.54. The number of pyridine rings is 1. The molecule has 4 rings (SSSR count). The van der Waals surface area contributed by atoms with Crippen LogP contribution in [0.25, 0.3) is 10.9 Å². The van der Waals surface area contributed by atoms with E-state index >= 15 is 0 Å². The number of fused-ring (bicyclic) bond motifs is 1. The number of methoxy groups -OCH3 is 1. The van der Waals surface area contributed by atoms with Crippen LogP contribution in [0.3, 0.4) is 0 Å². The molecule has 0 bridgehead atoms. The van der Waals surface area contributed by atoms with Crippen LogP contribution in [0.4, 0.5) is 0 Å². The number of rotatable bonds is 6. The molecule has 0 aliphatic carbocycles. The molecule has 3 aromatic rings. The fourth-order valence-corrected chi connectivity index (χ4v) is 3.74. The Hall–Kier alpha value is -2.37. The fourth-order valence-electron chi connectivity index (χ4n) is 3.74. The van der Waals surface area contributed by atoms with Crippen LogP contribution < -0.4 is 4.74 Å². The zero-order chi connectivity index (χ0) is 18.6. The fraction of sp³-hybridized carbons (Fsp3) is 0.409. The molecule has 1 atom stereocenters. The van der Waals surface area contributed by atoms with Crippen molar-refractivity contribution >= 4 is 10.9 Å². The average molecular weight is 366 g/mol. The molecule has 1 aliphatic heterocycles. The van der Waals surface area contributed by atoms with Gasteiger partial charge in [-0.05, 0) is 56.1 Å². The molecule has 3 heterocycles. The van der Waals surface area contributed by atoms with Gasteiger partial charge in [0, 0.05) is 24.7 Å². The number of ether oxygens (including phenoxy) is 2. The number of nitrogens with zero attached hydrogens (tertiary/aromatic N) is 2. The molecule has 1 fully saturated rings. The van der Waals surface area contributed by atoms with E-state index in [1.165, 1.54) is 12.0 Å². The van der Waals surface area contributed by atoms with Crippen molar-refractivity contribution in [2.24, 2.45) is 0 Å². The Balaban J connectivity index is 1.46. The highest BCUT2D eigenvalue weighted by atomic mass is 16.5. The van der Waals surface area contributed by atoms with Crippen molar-refractivity contribution in [1.82, 2.24) is 9.88 Å². The standard InChI is InChI=1S/C22H26N2O3/c1-24(15-17-9-11-20(27-17)19-7-3-4-13-26-19)14-16-8-10-21(25-2)22-18(16)6-5-12-23-22/h5-6,8-12,19H,3-4,7,13-15H2,1-2H3/t19-/m0/s1. The molecule has 142 valence electrons. The van der Waals surface area contributed by atoms with Crippen molar-refractivity contribution in [1.29, 1.82) is 0 Å². The van der Waals surface area contributed by atoms with Crippen molar-refractivity contribution in [2.75, 3.05) is 20.8 Å². The van der Waals surface area contributed by atoms with Gasteiger partial charge in [0.1, 0.15) is 28.9 Å². The molecule has 0 saturated carbocycles. The van der Waals surface area contributed by atoms with Crippen LogP contribution in [0.1, 0.15) is 42.5 Å². The van der Waals surface area contributed by atoms with Crippen LogP contribution in [-0.4, -0.2) is 30.6 Å². The molecular formula is C22H26N2O3. The second-order valence-electron chi connectivity index (χ2n) is 7.16. The van der Waals surface area contributed by atoms with E-state index in [4.69, 9.17) is 13.9 Å². The first-order valence-corrected chi connectivity index (χ1v) is 9.54. The first kappa shape index (κ1) is 18.0. The molecule has 2 aromatic heterocycles. The Kier molecular flexibility index (Phi) is 5.41. The molecule has 1 aliphatic rings. The van der Waals surface area contributed by atoms with E-state index in [1.54, 1.807) is 13.3 Å². The average Bonchev–Trinajstić information content (AvgIpc) is 3.17. The molecule has 0 amide bonds. The summed E-state index contributed by atoms with van der Waals surface area (Å²) in [4.78, 5) is 6.73. The monoisotopic (exact) mass is 366 g/mol. The predicted molar refractivity (Wildman–Crippen MR) is 105 cm³/mol. The van der Waals surface area contributed by atoms with Gasteiger partial charge in [-0.25, -0.2) is 0 Å². The van der Waals surface area contributed by atoms with Gasteiger partial charge in [0.2, 0.25) is 0 Å². The SMILES string of the molecule is COc1ccc(CN(C)Cc2ccc([C@@H]3CCCCO3)o2)c2cccnc12. The Bertz CT molecular complexity index is 899. The van der Waals surface area contributed by atoms with Crippen molar-refractivity contribution in [3.63, 3.8) is 0 Å². The Morgan fingerprint density at radius 3 is 2.89 bits per heavy atom. The topological polar surface area (TPSA) is 47.7 Å². The van der Waals surface area contributed by atoms with Gasteiger partial charge in [-0.15, -0.1) is 0 Å². The molecular weight excluding hydrogens is 340 g/mol. The van der Waals surface area contributed by atoms with Gasteiger partial charge in [0.25, 0.3) is 0 Å². The van der Waals surface area contributed by atoms with E-state index in [-0.39, 0.29) is 6.10 Å². The van der Waals surface area contributed by atoms with Crippen LogP contribution in [0, 0.1) is 0 Å². The normalized spacial score (nSPS) is 17.5. The molecule has 0 spiro atoms. The van der Waals surface area contributed by atoms with Crippen molar-refractivity contribution < 1.29 is 13.9 Å². The Labute approximate surface area is 159 Å². The molecule has 1 aromatic carbocycles. The lowest BCUT2D eigenvalue weighted by Crippen LogP contribution is -2.17. The molecule has 0 N–H and O–H groups in total. The van der Waals surface area contributed by atoms with E-state index in [2.05, 4.69) is 41.2 Å². The van der Waals surface area contributed by atoms with Gasteiger partial charge in [-0.3, -0.25) is 9.88 Å². The summed E-state index contributed by atoms with van der Waals surface area (Å²) in [6.45, 7) is 2.39. The van der Waals surface area contributed by atoms with Crippen LogP contribution in [0.2, 0.25) is 0 Å². The maximum absolute atomic E-state index is 6.06. The molecule has 0 unspecified atom stereocenters. The molecule has 27 heavy (non-hydrogen) atoms. The van der Waals surface area contributed by atoms with Crippen molar-refractivity contribution in [2.45, 2.75) is 38.5 Å². The third kappa shape index (κ3) is 3.99. The third-order valence-electron chi connectivity index (χ3n) is 5.09. The van der Waals surface area contributed by atoms with E-state index in [0.717, 1.165) is 60.7 Å². The summed E-state index contributed by atoms with van der Waals surface area (Å²) < 4.78 is 17.3. The molecule has 1 saturated heterocycles. The lowest BCUT2D eigenvalue weighted by Gasteiger charge is -2.20. The smallest absolute Gasteiger partial charge is 0.145 e. The van der Waals surface area contributed by atoms with E-state index in [0.29, 0.717) is 0 Å². The van der Waals surface area contributed by atoms with Gasteiger partial charge in [-0.2, -0.15) is 0 Å². The van der Waals surface area contributed by atoms with E-state index in [9.17, 15) is 0 Å². The minimum Gasteiger partial charge on any atom is -0.494 e. The van der Waals surface area contributed by atoms with Gasteiger partial charge < -0.3 is 13.9 Å². The van der Waals surface area contributed by atoms with Crippen LogP contribution in [-0.2, 0) is 17.8 Å². The number of hydrogen-bond donors (Lipinski definition) is 0. The van der Waals surface area contributed by atoms with Gasteiger partial charge in [-0.1, -0.05) is 12.1 Å². The summed E-state index contributed by atoms with van der Waals surface area (Å²) in [5.74, 6) is 2.73. The minimum absolute atomic E-state index is 0.120.